The third-order valence-corrected chi connectivity index (χ3v) is 2.80. The molecule has 1 heterocycles. The average molecular weight is 275 g/mol. The van der Waals surface area contributed by atoms with Gasteiger partial charge >= 0.3 is 0 Å². The van der Waals surface area contributed by atoms with Gasteiger partial charge in [-0.15, -0.1) is 0 Å². The van der Waals surface area contributed by atoms with E-state index in [1.54, 1.807) is 12.1 Å². The van der Waals surface area contributed by atoms with Gasteiger partial charge in [-0.05, 0) is 37.1 Å². The van der Waals surface area contributed by atoms with Crippen LogP contribution in [0.3, 0.4) is 0 Å². The SMILES string of the molecule is CCNc1ncnc(Oc2ccc(F)cc2)c1C(C)C. The Morgan fingerprint density at radius 2 is 1.90 bits per heavy atom. The predicted octanol–water partition coefficient (Wildman–Crippen LogP) is 3.96. The van der Waals surface area contributed by atoms with E-state index in [2.05, 4.69) is 29.1 Å². The Morgan fingerprint density at radius 3 is 2.50 bits per heavy atom. The Morgan fingerprint density at radius 1 is 1.20 bits per heavy atom. The number of anilines is 1. The second kappa shape index (κ2) is 6.32. The van der Waals surface area contributed by atoms with Crippen molar-refractivity contribution in [1.82, 2.24) is 9.97 Å². The first-order valence-electron chi connectivity index (χ1n) is 6.64. The molecular formula is C15H18FN3O. The van der Waals surface area contributed by atoms with Crippen molar-refractivity contribution in [1.29, 1.82) is 0 Å². The molecule has 0 bridgehead atoms. The van der Waals surface area contributed by atoms with Crippen molar-refractivity contribution in [3.8, 4) is 11.6 Å². The van der Waals surface area contributed by atoms with Crippen LogP contribution in [0.4, 0.5) is 10.2 Å². The fourth-order valence-corrected chi connectivity index (χ4v) is 1.90. The van der Waals surface area contributed by atoms with Crippen LogP contribution in [0.5, 0.6) is 11.6 Å². The molecule has 5 heteroatoms. The molecule has 0 fully saturated rings. The fraction of sp³-hybridized carbons (Fsp3) is 0.333. The molecule has 0 unspecified atom stereocenters. The Bertz CT molecular complexity index is 570. The van der Waals surface area contributed by atoms with E-state index in [9.17, 15) is 4.39 Å². The molecule has 1 aromatic heterocycles. The van der Waals surface area contributed by atoms with E-state index in [0.717, 1.165) is 17.9 Å². The number of halogens is 1. The molecule has 20 heavy (non-hydrogen) atoms. The number of hydrogen-bond donors (Lipinski definition) is 1. The van der Waals surface area contributed by atoms with Crippen molar-refractivity contribution in [2.24, 2.45) is 0 Å². The smallest absolute Gasteiger partial charge is 0.227 e. The third kappa shape index (κ3) is 3.23. The van der Waals surface area contributed by atoms with Crippen LogP contribution in [-0.4, -0.2) is 16.5 Å². The minimum absolute atomic E-state index is 0.209. The van der Waals surface area contributed by atoms with Crippen molar-refractivity contribution < 1.29 is 9.13 Å². The maximum Gasteiger partial charge on any atom is 0.227 e. The number of benzene rings is 1. The highest BCUT2D eigenvalue weighted by Gasteiger charge is 2.16. The fourth-order valence-electron chi connectivity index (χ4n) is 1.90. The zero-order valence-corrected chi connectivity index (χ0v) is 11.9. The summed E-state index contributed by atoms with van der Waals surface area (Å²) in [5, 5.41) is 3.20. The van der Waals surface area contributed by atoms with Gasteiger partial charge in [-0.3, -0.25) is 0 Å². The van der Waals surface area contributed by atoms with Crippen molar-refractivity contribution in [2.75, 3.05) is 11.9 Å². The van der Waals surface area contributed by atoms with Gasteiger partial charge in [-0.2, -0.15) is 0 Å². The molecule has 2 rings (SSSR count). The standard InChI is InChI=1S/C15H18FN3O/c1-4-17-14-13(10(2)3)15(19-9-18-14)20-12-7-5-11(16)6-8-12/h5-10H,4H2,1-3H3,(H,17,18,19). The quantitative estimate of drug-likeness (QED) is 0.897. The Kier molecular flexibility index (Phi) is 4.50. The van der Waals surface area contributed by atoms with Gasteiger partial charge in [0.25, 0.3) is 0 Å². The Labute approximate surface area is 118 Å². The van der Waals surface area contributed by atoms with Crippen LogP contribution in [0.2, 0.25) is 0 Å². The summed E-state index contributed by atoms with van der Waals surface area (Å²) in [6.45, 7) is 6.88. The minimum atomic E-state index is -0.294. The molecule has 4 nitrogen and oxygen atoms in total. The third-order valence-electron chi connectivity index (χ3n) is 2.80. The summed E-state index contributed by atoms with van der Waals surface area (Å²) in [5.74, 6) is 1.74. The monoisotopic (exact) mass is 275 g/mol. The molecule has 0 saturated carbocycles. The molecule has 1 aromatic carbocycles. The van der Waals surface area contributed by atoms with Gasteiger partial charge < -0.3 is 10.1 Å². The van der Waals surface area contributed by atoms with Crippen LogP contribution in [0.15, 0.2) is 30.6 Å². The second-order valence-electron chi connectivity index (χ2n) is 4.68. The number of hydrogen-bond acceptors (Lipinski definition) is 4. The van der Waals surface area contributed by atoms with Gasteiger partial charge in [0.2, 0.25) is 5.88 Å². The molecule has 0 amide bonds. The summed E-state index contributed by atoms with van der Waals surface area (Å²) in [6.07, 6.45) is 1.46. The lowest BCUT2D eigenvalue weighted by atomic mass is 10.1. The van der Waals surface area contributed by atoms with Gasteiger partial charge in [-0.25, -0.2) is 14.4 Å². The van der Waals surface area contributed by atoms with Gasteiger partial charge in [-0.1, -0.05) is 13.8 Å². The molecular weight excluding hydrogens is 257 g/mol. The van der Waals surface area contributed by atoms with Gasteiger partial charge in [0, 0.05) is 6.54 Å². The molecule has 0 radical (unpaired) electrons. The van der Waals surface area contributed by atoms with E-state index in [4.69, 9.17) is 4.74 Å². The molecule has 1 N–H and O–H groups in total. The highest BCUT2D eigenvalue weighted by Crippen LogP contribution is 2.32. The largest absolute Gasteiger partial charge is 0.439 e. The summed E-state index contributed by atoms with van der Waals surface area (Å²) >= 11 is 0. The van der Waals surface area contributed by atoms with Crippen molar-refractivity contribution in [3.63, 3.8) is 0 Å². The van der Waals surface area contributed by atoms with E-state index >= 15 is 0 Å². The Hall–Kier alpha value is -2.17. The molecule has 0 aliphatic rings. The van der Waals surface area contributed by atoms with Gasteiger partial charge in [0.05, 0.1) is 5.56 Å². The molecule has 0 spiro atoms. The molecule has 106 valence electrons. The van der Waals surface area contributed by atoms with Gasteiger partial charge in [0.15, 0.2) is 0 Å². The number of ether oxygens (including phenoxy) is 1. The maximum atomic E-state index is 12.9. The van der Waals surface area contributed by atoms with E-state index in [-0.39, 0.29) is 11.7 Å². The first-order chi connectivity index (χ1) is 9.61. The Balaban J connectivity index is 2.35. The average Bonchev–Trinajstić information content (AvgIpc) is 2.41. The van der Waals surface area contributed by atoms with Crippen molar-refractivity contribution in [3.05, 3.63) is 42.0 Å². The molecule has 0 saturated heterocycles. The second-order valence-corrected chi connectivity index (χ2v) is 4.68. The number of aromatic nitrogens is 2. The topological polar surface area (TPSA) is 47.0 Å². The number of nitrogens with zero attached hydrogens (tertiary/aromatic N) is 2. The first kappa shape index (κ1) is 14.2. The first-order valence-corrected chi connectivity index (χ1v) is 6.64. The normalized spacial score (nSPS) is 10.7. The highest BCUT2D eigenvalue weighted by molar-refractivity contribution is 5.51. The van der Waals surface area contributed by atoms with Crippen LogP contribution in [0.1, 0.15) is 32.3 Å². The lowest BCUT2D eigenvalue weighted by molar-refractivity contribution is 0.450. The van der Waals surface area contributed by atoms with E-state index in [1.807, 2.05) is 6.92 Å². The lowest BCUT2D eigenvalue weighted by Gasteiger charge is -2.16. The van der Waals surface area contributed by atoms with Crippen LogP contribution in [0.25, 0.3) is 0 Å². The zero-order valence-electron chi connectivity index (χ0n) is 11.9. The summed E-state index contributed by atoms with van der Waals surface area (Å²) in [6, 6.07) is 5.87. The van der Waals surface area contributed by atoms with E-state index in [0.29, 0.717) is 11.6 Å². The predicted molar refractivity (Wildman–Crippen MR) is 76.8 cm³/mol. The van der Waals surface area contributed by atoms with Gasteiger partial charge in [0.1, 0.15) is 23.7 Å². The zero-order chi connectivity index (χ0) is 14.5. The van der Waals surface area contributed by atoms with Crippen LogP contribution < -0.4 is 10.1 Å². The lowest BCUT2D eigenvalue weighted by Crippen LogP contribution is -2.07. The minimum Gasteiger partial charge on any atom is -0.439 e. The van der Waals surface area contributed by atoms with Crippen molar-refractivity contribution in [2.45, 2.75) is 26.7 Å². The summed E-state index contributed by atoms with van der Waals surface area (Å²) in [5.41, 5.74) is 0.915. The van der Waals surface area contributed by atoms with Crippen LogP contribution in [0, 0.1) is 5.82 Å². The van der Waals surface area contributed by atoms with Crippen LogP contribution in [-0.2, 0) is 0 Å². The summed E-state index contributed by atoms with van der Waals surface area (Å²) < 4.78 is 18.7. The maximum absolute atomic E-state index is 12.9. The molecule has 0 aliphatic heterocycles. The molecule has 0 atom stereocenters. The van der Waals surface area contributed by atoms with E-state index < -0.39 is 0 Å². The number of rotatable bonds is 5. The molecule has 0 aliphatic carbocycles. The summed E-state index contributed by atoms with van der Waals surface area (Å²) in [7, 11) is 0. The molecule has 2 aromatic rings. The van der Waals surface area contributed by atoms with Crippen molar-refractivity contribution >= 4 is 5.82 Å². The van der Waals surface area contributed by atoms with E-state index in [1.165, 1.54) is 18.5 Å². The highest BCUT2D eigenvalue weighted by atomic mass is 19.1. The van der Waals surface area contributed by atoms with Crippen LogP contribution >= 0.6 is 0 Å². The summed E-state index contributed by atoms with van der Waals surface area (Å²) in [4.78, 5) is 8.44. The number of nitrogens with one attached hydrogen (secondary N) is 1.